The summed E-state index contributed by atoms with van der Waals surface area (Å²) in [6.07, 6.45) is 5.65. The summed E-state index contributed by atoms with van der Waals surface area (Å²) in [5, 5.41) is 0.832. The van der Waals surface area contributed by atoms with Crippen LogP contribution in [-0.2, 0) is 9.53 Å². The van der Waals surface area contributed by atoms with Crippen molar-refractivity contribution in [3.63, 3.8) is 0 Å². The van der Waals surface area contributed by atoms with Gasteiger partial charge in [0.25, 0.3) is 0 Å². The van der Waals surface area contributed by atoms with E-state index in [2.05, 4.69) is 4.98 Å². The van der Waals surface area contributed by atoms with Gasteiger partial charge in [-0.2, -0.15) is 0 Å². The number of carbonyl (C=O) groups is 1. The van der Waals surface area contributed by atoms with Crippen LogP contribution in [0.2, 0.25) is 0 Å². The minimum atomic E-state index is -1.83. The molecule has 1 atom stereocenters. The SMILES string of the molecule is CCOC(=O)[C@@]1(F)CC[C@]12CC[C@H](c1ccnc3ccc(F)cc31)CC2. The van der Waals surface area contributed by atoms with Crippen molar-refractivity contribution in [1.29, 1.82) is 0 Å². The lowest BCUT2D eigenvalue weighted by atomic mass is 9.50. The Balaban J connectivity index is 1.56. The molecule has 4 rings (SSSR count). The van der Waals surface area contributed by atoms with Crippen molar-refractivity contribution >= 4 is 16.9 Å². The highest BCUT2D eigenvalue weighted by Crippen LogP contribution is 2.62. The zero-order valence-corrected chi connectivity index (χ0v) is 14.9. The molecular formula is C21H23F2NO2. The van der Waals surface area contributed by atoms with E-state index < -0.39 is 17.1 Å². The Morgan fingerprint density at radius 3 is 2.65 bits per heavy atom. The Kier molecular flexibility index (Phi) is 4.20. The van der Waals surface area contributed by atoms with Crippen LogP contribution in [0.4, 0.5) is 8.78 Å². The van der Waals surface area contributed by atoms with E-state index in [0.717, 1.165) is 35.7 Å². The van der Waals surface area contributed by atoms with Gasteiger partial charge in [-0.25, -0.2) is 13.6 Å². The van der Waals surface area contributed by atoms with Crippen LogP contribution in [0.3, 0.4) is 0 Å². The first kappa shape index (κ1) is 17.4. The summed E-state index contributed by atoms with van der Waals surface area (Å²) in [6.45, 7) is 1.91. The first-order valence-electron chi connectivity index (χ1n) is 9.39. The summed E-state index contributed by atoms with van der Waals surface area (Å²) in [6, 6.07) is 6.58. The summed E-state index contributed by atoms with van der Waals surface area (Å²) in [5.74, 6) is -0.732. The van der Waals surface area contributed by atoms with Gasteiger partial charge in [0.05, 0.1) is 12.1 Å². The molecule has 0 unspecified atom stereocenters. The molecule has 2 aromatic rings. The molecule has 0 aliphatic heterocycles. The van der Waals surface area contributed by atoms with Crippen molar-refractivity contribution in [1.82, 2.24) is 4.98 Å². The maximum Gasteiger partial charge on any atom is 0.344 e. The van der Waals surface area contributed by atoms with E-state index in [1.807, 2.05) is 6.07 Å². The second kappa shape index (κ2) is 6.29. The molecule has 5 heteroatoms. The van der Waals surface area contributed by atoms with Gasteiger partial charge in [0, 0.05) is 17.0 Å². The number of alkyl halides is 1. The first-order valence-corrected chi connectivity index (χ1v) is 9.39. The maximum atomic E-state index is 15.3. The van der Waals surface area contributed by atoms with E-state index in [0.29, 0.717) is 12.8 Å². The molecule has 1 spiro atoms. The van der Waals surface area contributed by atoms with Gasteiger partial charge in [0.1, 0.15) is 5.82 Å². The molecule has 2 aliphatic rings. The molecule has 0 N–H and O–H groups in total. The van der Waals surface area contributed by atoms with Crippen molar-refractivity contribution in [2.75, 3.05) is 6.61 Å². The standard InChI is InChI=1S/C21H23F2NO2/c1-2-26-19(25)21(23)11-10-20(21)8-5-14(6-9-20)16-7-12-24-18-4-3-15(22)13-17(16)18/h3-4,7,12-14H,2,5-6,8-11H2,1H3/t14-,20+,21-/m0/s1. The quantitative estimate of drug-likeness (QED) is 0.717. The molecule has 2 aliphatic carbocycles. The lowest BCUT2D eigenvalue weighted by molar-refractivity contribution is -0.193. The smallest absolute Gasteiger partial charge is 0.344 e. The van der Waals surface area contributed by atoms with Crippen LogP contribution >= 0.6 is 0 Å². The van der Waals surface area contributed by atoms with E-state index in [4.69, 9.17) is 4.74 Å². The molecule has 0 radical (unpaired) electrons. The van der Waals surface area contributed by atoms with Crippen LogP contribution in [-0.4, -0.2) is 23.2 Å². The number of fused-ring (bicyclic) bond motifs is 1. The molecule has 0 amide bonds. The Bertz CT molecular complexity index is 845. The fourth-order valence-electron chi connectivity index (χ4n) is 4.89. The van der Waals surface area contributed by atoms with Crippen LogP contribution in [0, 0.1) is 11.2 Å². The fraction of sp³-hybridized carbons (Fsp3) is 0.524. The molecule has 1 aromatic heterocycles. The van der Waals surface area contributed by atoms with Crippen LogP contribution in [0.5, 0.6) is 0 Å². The Labute approximate surface area is 151 Å². The molecule has 3 nitrogen and oxygen atoms in total. The molecule has 0 saturated heterocycles. The number of esters is 1. The van der Waals surface area contributed by atoms with Gasteiger partial charge in [-0.05, 0) is 81.2 Å². The zero-order valence-electron chi connectivity index (χ0n) is 14.9. The van der Waals surface area contributed by atoms with Crippen LogP contribution < -0.4 is 0 Å². The Morgan fingerprint density at radius 1 is 1.23 bits per heavy atom. The number of pyridine rings is 1. The van der Waals surface area contributed by atoms with Crippen molar-refractivity contribution < 1.29 is 18.3 Å². The number of benzene rings is 1. The monoisotopic (exact) mass is 359 g/mol. The number of aromatic nitrogens is 1. The molecule has 138 valence electrons. The van der Waals surface area contributed by atoms with Gasteiger partial charge in [0.2, 0.25) is 5.67 Å². The molecule has 2 saturated carbocycles. The third kappa shape index (κ3) is 2.51. The van der Waals surface area contributed by atoms with Gasteiger partial charge >= 0.3 is 5.97 Å². The van der Waals surface area contributed by atoms with E-state index in [-0.39, 0.29) is 24.8 Å². The lowest BCUT2D eigenvalue weighted by Crippen LogP contribution is -2.60. The van der Waals surface area contributed by atoms with Crippen molar-refractivity contribution in [2.24, 2.45) is 5.41 Å². The third-order valence-electron chi connectivity index (χ3n) is 6.51. The van der Waals surface area contributed by atoms with Gasteiger partial charge in [-0.15, -0.1) is 0 Å². The van der Waals surface area contributed by atoms with Crippen molar-refractivity contribution in [3.05, 3.63) is 41.8 Å². The summed E-state index contributed by atoms with van der Waals surface area (Å²) in [5.41, 5.74) is -0.562. The van der Waals surface area contributed by atoms with Crippen LogP contribution in [0.1, 0.15) is 56.9 Å². The molecule has 26 heavy (non-hydrogen) atoms. The van der Waals surface area contributed by atoms with Gasteiger partial charge in [0.15, 0.2) is 0 Å². The van der Waals surface area contributed by atoms with E-state index in [1.165, 1.54) is 12.1 Å². The number of hydrogen-bond donors (Lipinski definition) is 0. The average molecular weight is 359 g/mol. The Hall–Kier alpha value is -2.04. The largest absolute Gasteiger partial charge is 0.464 e. The van der Waals surface area contributed by atoms with E-state index >= 15 is 4.39 Å². The summed E-state index contributed by atoms with van der Waals surface area (Å²) < 4.78 is 34.0. The second-order valence-electron chi connectivity index (χ2n) is 7.64. The second-order valence-corrected chi connectivity index (χ2v) is 7.64. The minimum Gasteiger partial charge on any atom is -0.464 e. The summed E-state index contributed by atoms with van der Waals surface area (Å²) in [7, 11) is 0. The number of rotatable bonds is 3. The number of ether oxygens (including phenoxy) is 1. The predicted octanol–water partition coefficient (Wildman–Crippen LogP) is 5.08. The fourth-order valence-corrected chi connectivity index (χ4v) is 4.89. The Morgan fingerprint density at radius 2 is 2.00 bits per heavy atom. The summed E-state index contributed by atoms with van der Waals surface area (Å²) in [4.78, 5) is 16.4. The number of hydrogen-bond acceptors (Lipinski definition) is 3. The first-order chi connectivity index (χ1) is 12.5. The number of carbonyl (C=O) groups excluding carboxylic acids is 1. The highest BCUT2D eigenvalue weighted by molar-refractivity contribution is 5.83. The number of nitrogens with zero attached hydrogens (tertiary/aromatic N) is 1. The van der Waals surface area contributed by atoms with Crippen LogP contribution in [0.25, 0.3) is 10.9 Å². The third-order valence-corrected chi connectivity index (χ3v) is 6.51. The number of halogens is 2. The molecular weight excluding hydrogens is 336 g/mol. The van der Waals surface area contributed by atoms with Gasteiger partial charge in [-0.3, -0.25) is 4.98 Å². The summed E-state index contributed by atoms with van der Waals surface area (Å²) >= 11 is 0. The molecule has 0 bridgehead atoms. The molecule has 1 heterocycles. The predicted molar refractivity (Wildman–Crippen MR) is 95.0 cm³/mol. The van der Waals surface area contributed by atoms with E-state index in [9.17, 15) is 9.18 Å². The highest BCUT2D eigenvalue weighted by atomic mass is 19.1. The molecule has 2 fully saturated rings. The highest BCUT2D eigenvalue weighted by Gasteiger charge is 2.65. The van der Waals surface area contributed by atoms with Gasteiger partial charge < -0.3 is 4.74 Å². The molecule has 1 aromatic carbocycles. The topological polar surface area (TPSA) is 39.2 Å². The average Bonchev–Trinajstić information content (AvgIpc) is 2.66. The van der Waals surface area contributed by atoms with Crippen LogP contribution in [0.15, 0.2) is 30.5 Å². The maximum absolute atomic E-state index is 15.3. The van der Waals surface area contributed by atoms with E-state index in [1.54, 1.807) is 19.2 Å². The van der Waals surface area contributed by atoms with Crippen molar-refractivity contribution in [2.45, 2.75) is 57.0 Å². The van der Waals surface area contributed by atoms with Gasteiger partial charge in [-0.1, -0.05) is 0 Å². The normalized spacial score (nSPS) is 31.0. The lowest BCUT2D eigenvalue weighted by Gasteiger charge is -2.55. The zero-order chi connectivity index (χ0) is 18.4. The van der Waals surface area contributed by atoms with Crippen molar-refractivity contribution in [3.8, 4) is 0 Å². The minimum absolute atomic E-state index is 0.206.